The number of carbonyl (C=O) groups is 2. The SMILES string of the molecule is O=C(CN1CCOCC1)N[C@H]1CC[C@@H](CCNC(=O)C2CCCC2)O[C@@H]1CO. The second-order valence-electron chi connectivity index (χ2n) is 8.18. The Morgan fingerprint density at radius 2 is 1.82 bits per heavy atom. The number of morpholine rings is 1. The topological polar surface area (TPSA) is 100 Å². The highest BCUT2D eigenvalue weighted by molar-refractivity contribution is 5.79. The van der Waals surface area contributed by atoms with E-state index in [0.717, 1.165) is 58.0 Å². The van der Waals surface area contributed by atoms with Crippen LogP contribution in [0.15, 0.2) is 0 Å². The summed E-state index contributed by atoms with van der Waals surface area (Å²) in [5, 5.41) is 15.7. The number of hydrogen-bond donors (Lipinski definition) is 3. The van der Waals surface area contributed by atoms with Crippen molar-refractivity contribution < 1.29 is 24.2 Å². The molecule has 1 saturated carbocycles. The van der Waals surface area contributed by atoms with E-state index in [4.69, 9.17) is 9.47 Å². The van der Waals surface area contributed by atoms with E-state index in [1.807, 2.05) is 0 Å². The van der Waals surface area contributed by atoms with Crippen LogP contribution in [0.5, 0.6) is 0 Å². The highest BCUT2D eigenvalue weighted by Crippen LogP contribution is 2.25. The van der Waals surface area contributed by atoms with Crippen LogP contribution in [-0.2, 0) is 19.1 Å². The average molecular weight is 398 g/mol. The molecule has 0 bridgehead atoms. The molecule has 3 aliphatic rings. The van der Waals surface area contributed by atoms with Gasteiger partial charge >= 0.3 is 0 Å². The third kappa shape index (κ3) is 6.40. The molecule has 0 radical (unpaired) electrons. The van der Waals surface area contributed by atoms with E-state index in [1.54, 1.807) is 0 Å². The van der Waals surface area contributed by atoms with Crippen LogP contribution < -0.4 is 10.6 Å². The van der Waals surface area contributed by atoms with Gasteiger partial charge in [0, 0.05) is 25.6 Å². The fourth-order valence-electron chi connectivity index (χ4n) is 4.41. The maximum atomic E-state index is 12.3. The molecule has 8 nitrogen and oxygen atoms in total. The Balaban J connectivity index is 1.35. The largest absolute Gasteiger partial charge is 0.394 e. The normalized spacial score (nSPS) is 29.5. The van der Waals surface area contributed by atoms with Gasteiger partial charge < -0.3 is 25.2 Å². The minimum atomic E-state index is -0.391. The number of aliphatic hydroxyl groups excluding tert-OH is 1. The number of rotatable bonds is 8. The summed E-state index contributed by atoms with van der Waals surface area (Å²) in [6.45, 7) is 3.71. The number of aliphatic hydroxyl groups is 1. The first-order chi connectivity index (χ1) is 13.7. The fraction of sp³-hybridized carbons (Fsp3) is 0.900. The maximum Gasteiger partial charge on any atom is 0.234 e. The average Bonchev–Trinajstić information content (AvgIpc) is 3.24. The standard InChI is InChI=1S/C20H35N3O5/c24-14-18-17(22-19(25)13-23-9-11-27-12-10-23)6-5-16(28-18)7-8-21-20(26)15-3-1-2-4-15/h15-18,24H,1-14H2,(H,21,26)(H,22,25)/t16-,17-,18+/m0/s1. The van der Waals surface area contributed by atoms with E-state index < -0.39 is 6.10 Å². The van der Waals surface area contributed by atoms with Crippen molar-refractivity contribution in [1.82, 2.24) is 15.5 Å². The number of ether oxygens (including phenoxy) is 2. The van der Waals surface area contributed by atoms with Gasteiger partial charge in [-0.05, 0) is 32.1 Å². The number of hydrogen-bond acceptors (Lipinski definition) is 6. The Hall–Kier alpha value is -1.22. The zero-order valence-electron chi connectivity index (χ0n) is 16.7. The monoisotopic (exact) mass is 397 g/mol. The Labute approximate surface area is 167 Å². The molecular formula is C20H35N3O5. The van der Waals surface area contributed by atoms with Crippen LogP contribution in [0.2, 0.25) is 0 Å². The van der Waals surface area contributed by atoms with Crippen molar-refractivity contribution in [3.05, 3.63) is 0 Å². The molecule has 0 aromatic rings. The second-order valence-corrected chi connectivity index (χ2v) is 8.18. The van der Waals surface area contributed by atoms with Crippen LogP contribution in [0.3, 0.4) is 0 Å². The van der Waals surface area contributed by atoms with E-state index in [1.165, 1.54) is 0 Å². The van der Waals surface area contributed by atoms with Gasteiger partial charge in [-0.2, -0.15) is 0 Å². The van der Waals surface area contributed by atoms with Crippen LogP contribution in [0, 0.1) is 5.92 Å². The van der Waals surface area contributed by atoms with Gasteiger partial charge in [0.2, 0.25) is 11.8 Å². The lowest BCUT2D eigenvalue weighted by Crippen LogP contribution is -2.53. The van der Waals surface area contributed by atoms with Gasteiger partial charge in [0.05, 0.1) is 38.5 Å². The van der Waals surface area contributed by atoms with Gasteiger partial charge in [-0.3, -0.25) is 14.5 Å². The number of nitrogens with one attached hydrogen (secondary N) is 2. The molecule has 0 unspecified atom stereocenters. The molecule has 160 valence electrons. The highest BCUT2D eigenvalue weighted by atomic mass is 16.5. The van der Waals surface area contributed by atoms with E-state index in [9.17, 15) is 14.7 Å². The minimum Gasteiger partial charge on any atom is -0.394 e. The summed E-state index contributed by atoms with van der Waals surface area (Å²) in [6, 6.07) is -0.164. The molecule has 2 amide bonds. The first-order valence-electron chi connectivity index (χ1n) is 10.8. The summed E-state index contributed by atoms with van der Waals surface area (Å²) < 4.78 is 11.3. The third-order valence-corrected chi connectivity index (χ3v) is 6.10. The van der Waals surface area contributed by atoms with Crippen molar-refractivity contribution >= 4 is 11.8 Å². The minimum absolute atomic E-state index is 0.00780. The van der Waals surface area contributed by atoms with Gasteiger partial charge in [-0.25, -0.2) is 0 Å². The number of carbonyl (C=O) groups excluding carboxylic acids is 2. The molecule has 0 aromatic carbocycles. The summed E-state index contributed by atoms with van der Waals surface area (Å²) in [4.78, 5) is 26.5. The number of nitrogens with zero attached hydrogens (tertiary/aromatic N) is 1. The molecule has 0 aromatic heterocycles. The zero-order valence-corrected chi connectivity index (χ0v) is 16.7. The lowest BCUT2D eigenvalue weighted by atomic mass is 9.97. The van der Waals surface area contributed by atoms with Crippen molar-refractivity contribution in [2.75, 3.05) is 46.0 Å². The molecule has 28 heavy (non-hydrogen) atoms. The number of amides is 2. The molecular weight excluding hydrogens is 362 g/mol. The van der Waals surface area contributed by atoms with Gasteiger partial charge in [-0.1, -0.05) is 12.8 Å². The zero-order chi connectivity index (χ0) is 19.8. The molecule has 3 atom stereocenters. The lowest BCUT2D eigenvalue weighted by Gasteiger charge is -2.36. The van der Waals surface area contributed by atoms with Gasteiger partial charge in [0.25, 0.3) is 0 Å². The van der Waals surface area contributed by atoms with Gasteiger partial charge in [0.1, 0.15) is 6.10 Å². The third-order valence-electron chi connectivity index (χ3n) is 6.10. The van der Waals surface area contributed by atoms with Crippen LogP contribution >= 0.6 is 0 Å². The molecule has 0 spiro atoms. The fourth-order valence-corrected chi connectivity index (χ4v) is 4.41. The quantitative estimate of drug-likeness (QED) is 0.535. The second kappa shape index (κ2) is 11.1. The molecule has 2 heterocycles. The predicted molar refractivity (Wildman–Crippen MR) is 104 cm³/mol. The smallest absolute Gasteiger partial charge is 0.234 e. The summed E-state index contributed by atoms with van der Waals surface area (Å²) >= 11 is 0. The first kappa shape index (κ1) is 21.5. The van der Waals surface area contributed by atoms with Crippen molar-refractivity contribution in [3.8, 4) is 0 Å². The molecule has 3 rings (SSSR count). The molecule has 8 heteroatoms. The Morgan fingerprint density at radius 1 is 1.07 bits per heavy atom. The van der Waals surface area contributed by atoms with Crippen LogP contribution in [0.25, 0.3) is 0 Å². The summed E-state index contributed by atoms with van der Waals surface area (Å²) in [6.07, 6.45) is 6.27. The highest BCUT2D eigenvalue weighted by Gasteiger charge is 2.32. The lowest BCUT2D eigenvalue weighted by molar-refractivity contribution is -0.131. The van der Waals surface area contributed by atoms with Gasteiger partial charge in [-0.15, -0.1) is 0 Å². The summed E-state index contributed by atoms with van der Waals surface area (Å²) in [5.41, 5.74) is 0. The van der Waals surface area contributed by atoms with Crippen LogP contribution in [-0.4, -0.2) is 86.1 Å². The first-order valence-corrected chi connectivity index (χ1v) is 10.8. The van der Waals surface area contributed by atoms with Crippen LogP contribution in [0.1, 0.15) is 44.9 Å². The van der Waals surface area contributed by atoms with E-state index in [2.05, 4.69) is 15.5 Å². The van der Waals surface area contributed by atoms with Crippen molar-refractivity contribution in [2.45, 2.75) is 63.2 Å². The maximum absolute atomic E-state index is 12.3. The van der Waals surface area contributed by atoms with Crippen LogP contribution in [0.4, 0.5) is 0 Å². The van der Waals surface area contributed by atoms with Gasteiger partial charge in [0.15, 0.2) is 0 Å². The van der Waals surface area contributed by atoms with Crippen molar-refractivity contribution in [3.63, 3.8) is 0 Å². The van der Waals surface area contributed by atoms with E-state index in [-0.39, 0.29) is 36.5 Å². The molecule has 3 fully saturated rings. The molecule has 2 aliphatic heterocycles. The van der Waals surface area contributed by atoms with Crippen molar-refractivity contribution in [2.24, 2.45) is 5.92 Å². The van der Waals surface area contributed by atoms with E-state index in [0.29, 0.717) is 26.3 Å². The Bertz CT molecular complexity index is 506. The Kier molecular flexibility index (Phi) is 8.51. The molecule has 1 aliphatic carbocycles. The molecule has 2 saturated heterocycles. The Morgan fingerprint density at radius 3 is 2.54 bits per heavy atom. The molecule has 3 N–H and O–H groups in total. The van der Waals surface area contributed by atoms with E-state index >= 15 is 0 Å². The predicted octanol–water partition coefficient (Wildman–Crippen LogP) is 0.0398. The summed E-state index contributed by atoms with van der Waals surface area (Å²) in [5.74, 6) is 0.319. The summed E-state index contributed by atoms with van der Waals surface area (Å²) in [7, 11) is 0. The van der Waals surface area contributed by atoms with Crippen molar-refractivity contribution in [1.29, 1.82) is 0 Å².